The summed E-state index contributed by atoms with van der Waals surface area (Å²) in [7, 11) is 0. The monoisotopic (exact) mass is 630 g/mol. The van der Waals surface area contributed by atoms with Gasteiger partial charge in [-0.2, -0.15) is 0 Å². The van der Waals surface area contributed by atoms with E-state index in [4.69, 9.17) is 0 Å². The summed E-state index contributed by atoms with van der Waals surface area (Å²) in [6, 6.07) is 0. The molecule has 0 aromatic rings. The summed E-state index contributed by atoms with van der Waals surface area (Å²) in [5.74, 6) is 0.903. The molecule has 0 spiro atoms. The Morgan fingerprint density at radius 2 is 0.689 bits per heavy atom. The Hall–Kier alpha value is -0.560. The average Bonchev–Trinajstić information content (AvgIpc) is 3.03. The van der Waals surface area contributed by atoms with Crippen molar-refractivity contribution in [3.63, 3.8) is 0 Å². The maximum atomic E-state index is 4.53. The Morgan fingerprint density at radius 3 is 1.13 bits per heavy atom. The van der Waals surface area contributed by atoms with E-state index in [2.05, 4.69) is 39.2 Å². The van der Waals surface area contributed by atoms with Gasteiger partial charge in [0.1, 0.15) is 0 Å². The molecule has 0 bridgehead atoms. The number of hydrogen-bond donors (Lipinski definition) is 1. The van der Waals surface area contributed by atoms with Gasteiger partial charge in [-0.15, -0.1) is 0 Å². The van der Waals surface area contributed by atoms with Crippen LogP contribution in [0.15, 0.2) is 24.3 Å². The van der Waals surface area contributed by atoms with Crippen LogP contribution in [0.1, 0.15) is 239 Å². The third kappa shape index (κ3) is 36.1. The fourth-order valence-corrected chi connectivity index (χ4v) is 7.00. The minimum absolute atomic E-state index is 0.903. The first-order valence-electron chi connectivity index (χ1n) is 21.2. The predicted molar refractivity (Wildman–Crippen MR) is 209 cm³/mol. The summed E-state index contributed by atoms with van der Waals surface area (Å²) in [4.78, 5) is 0. The van der Waals surface area contributed by atoms with E-state index in [1.807, 2.05) is 0 Å². The van der Waals surface area contributed by atoms with Crippen LogP contribution in [-0.4, -0.2) is 13.1 Å². The molecule has 0 radical (unpaired) electrons. The lowest BCUT2D eigenvalue weighted by atomic mass is 9.87. The smallest absolute Gasteiger partial charge is 0.00489 e. The van der Waals surface area contributed by atoms with Crippen molar-refractivity contribution in [2.24, 2.45) is 5.92 Å². The van der Waals surface area contributed by atoms with Crippen LogP contribution in [0.5, 0.6) is 0 Å². The quantitative estimate of drug-likeness (QED) is 0.0527. The van der Waals surface area contributed by atoms with Crippen molar-refractivity contribution in [1.82, 2.24) is 5.32 Å². The summed E-state index contributed by atoms with van der Waals surface area (Å²) in [5.41, 5.74) is 3.05. The Morgan fingerprint density at radius 1 is 0.378 bits per heavy atom. The van der Waals surface area contributed by atoms with Gasteiger partial charge in [0, 0.05) is 0 Å². The van der Waals surface area contributed by atoms with Crippen LogP contribution in [0, 0.1) is 5.92 Å². The second-order valence-corrected chi connectivity index (χ2v) is 15.0. The molecule has 1 unspecified atom stereocenters. The molecule has 1 atom stereocenters. The SMILES string of the molecule is C=C(CCCCCCCCCCCC)CCCCCNCCCCCCCC(=C)CC(CCCCCC)CCCCCCCC. The Balaban J connectivity index is 3.58. The molecule has 0 saturated heterocycles. The molecule has 0 amide bonds. The molecule has 45 heavy (non-hydrogen) atoms. The normalized spacial score (nSPS) is 12.2. The molecule has 0 rings (SSSR count). The standard InChI is InChI=1S/C44H87N/c1-6-9-12-15-17-18-19-20-22-27-34-42(4)35-29-26-33-40-45-39-32-25-21-23-28-36-43(5)41-44(37-30-14-11-8-3)38-31-24-16-13-10-7-2/h44-45H,4-41H2,1-3H3. The lowest BCUT2D eigenvalue weighted by molar-refractivity contribution is 0.397. The maximum absolute atomic E-state index is 4.53. The van der Waals surface area contributed by atoms with Gasteiger partial charge in [0.05, 0.1) is 0 Å². The molecule has 1 heteroatoms. The summed E-state index contributed by atoms with van der Waals surface area (Å²) in [6.45, 7) is 18.2. The summed E-state index contributed by atoms with van der Waals surface area (Å²) < 4.78 is 0. The molecule has 0 aromatic carbocycles. The minimum Gasteiger partial charge on any atom is -0.317 e. The lowest BCUT2D eigenvalue weighted by Gasteiger charge is -2.18. The first kappa shape index (κ1) is 44.4. The van der Waals surface area contributed by atoms with E-state index in [1.54, 1.807) is 5.57 Å². The molecular formula is C44H87N. The van der Waals surface area contributed by atoms with Crippen LogP contribution in [0.4, 0.5) is 0 Å². The predicted octanol–water partition coefficient (Wildman–Crippen LogP) is 15.6. The zero-order chi connectivity index (χ0) is 32.9. The van der Waals surface area contributed by atoms with Gasteiger partial charge in [0.15, 0.2) is 0 Å². The number of unbranched alkanes of at least 4 members (excludes halogenated alkanes) is 23. The van der Waals surface area contributed by atoms with E-state index in [0.717, 1.165) is 5.92 Å². The van der Waals surface area contributed by atoms with Crippen molar-refractivity contribution in [2.45, 2.75) is 239 Å². The van der Waals surface area contributed by atoms with Crippen LogP contribution in [0.2, 0.25) is 0 Å². The van der Waals surface area contributed by atoms with Crippen molar-refractivity contribution < 1.29 is 0 Å². The second kappa shape index (κ2) is 37.9. The van der Waals surface area contributed by atoms with Gasteiger partial charge in [-0.3, -0.25) is 0 Å². The largest absolute Gasteiger partial charge is 0.317 e. The van der Waals surface area contributed by atoms with Crippen molar-refractivity contribution in [2.75, 3.05) is 13.1 Å². The first-order chi connectivity index (χ1) is 22.1. The van der Waals surface area contributed by atoms with Gasteiger partial charge in [-0.25, -0.2) is 0 Å². The molecule has 0 fully saturated rings. The molecular weight excluding hydrogens is 542 g/mol. The highest BCUT2D eigenvalue weighted by atomic mass is 14.8. The molecule has 0 aliphatic heterocycles. The third-order valence-corrected chi connectivity index (χ3v) is 10.2. The molecule has 0 aromatic heterocycles. The summed E-state index contributed by atoms with van der Waals surface area (Å²) in [5, 5.41) is 3.70. The van der Waals surface area contributed by atoms with Gasteiger partial charge in [0.2, 0.25) is 0 Å². The number of hydrogen-bond acceptors (Lipinski definition) is 1. The van der Waals surface area contributed by atoms with Crippen LogP contribution < -0.4 is 5.32 Å². The highest BCUT2D eigenvalue weighted by molar-refractivity contribution is 4.96. The fraction of sp³-hybridized carbons (Fsp3) is 0.909. The van der Waals surface area contributed by atoms with E-state index in [9.17, 15) is 0 Å². The van der Waals surface area contributed by atoms with E-state index in [-0.39, 0.29) is 0 Å². The second-order valence-electron chi connectivity index (χ2n) is 15.0. The van der Waals surface area contributed by atoms with E-state index < -0.39 is 0 Å². The molecule has 0 aliphatic carbocycles. The zero-order valence-electron chi connectivity index (χ0n) is 31.9. The zero-order valence-corrected chi connectivity index (χ0v) is 31.9. The molecule has 0 heterocycles. The van der Waals surface area contributed by atoms with Gasteiger partial charge < -0.3 is 5.32 Å². The maximum Gasteiger partial charge on any atom is -0.00489 e. The summed E-state index contributed by atoms with van der Waals surface area (Å²) in [6.07, 6.45) is 47.3. The van der Waals surface area contributed by atoms with Crippen LogP contribution >= 0.6 is 0 Å². The Bertz CT molecular complexity index is 592. The molecule has 268 valence electrons. The van der Waals surface area contributed by atoms with Crippen molar-refractivity contribution in [3.05, 3.63) is 24.3 Å². The van der Waals surface area contributed by atoms with Crippen molar-refractivity contribution in [1.29, 1.82) is 0 Å². The highest BCUT2D eigenvalue weighted by Gasteiger charge is 2.11. The van der Waals surface area contributed by atoms with E-state index >= 15 is 0 Å². The molecule has 0 saturated carbocycles. The van der Waals surface area contributed by atoms with Crippen molar-refractivity contribution >= 4 is 0 Å². The minimum atomic E-state index is 0.903. The highest BCUT2D eigenvalue weighted by Crippen LogP contribution is 2.27. The number of nitrogens with one attached hydrogen (secondary N) is 1. The lowest BCUT2D eigenvalue weighted by Crippen LogP contribution is -2.16. The Labute approximate surface area is 287 Å². The average molecular weight is 630 g/mol. The fourth-order valence-electron chi connectivity index (χ4n) is 7.00. The molecule has 0 aliphatic rings. The van der Waals surface area contributed by atoms with E-state index in [1.165, 1.54) is 237 Å². The number of rotatable bonds is 39. The Kier molecular flexibility index (Phi) is 37.4. The third-order valence-electron chi connectivity index (χ3n) is 10.2. The van der Waals surface area contributed by atoms with Crippen LogP contribution in [0.25, 0.3) is 0 Å². The molecule has 1 N–H and O–H groups in total. The van der Waals surface area contributed by atoms with Gasteiger partial charge in [-0.05, 0) is 76.8 Å². The van der Waals surface area contributed by atoms with Gasteiger partial charge >= 0.3 is 0 Å². The van der Waals surface area contributed by atoms with Crippen molar-refractivity contribution in [3.8, 4) is 0 Å². The topological polar surface area (TPSA) is 12.0 Å². The van der Waals surface area contributed by atoms with Gasteiger partial charge in [-0.1, -0.05) is 206 Å². The summed E-state index contributed by atoms with van der Waals surface area (Å²) >= 11 is 0. The first-order valence-corrected chi connectivity index (χ1v) is 21.2. The van der Waals surface area contributed by atoms with E-state index in [0.29, 0.717) is 0 Å². The van der Waals surface area contributed by atoms with Gasteiger partial charge in [0.25, 0.3) is 0 Å². The van der Waals surface area contributed by atoms with Crippen LogP contribution in [0.3, 0.4) is 0 Å². The van der Waals surface area contributed by atoms with Crippen LogP contribution in [-0.2, 0) is 0 Å². The molecule has 1 nitrogen and oxygen atoms in total. The number of allylic oxidation sites excluding steroid dienone is 2.